The molecule has 0 aromatic heterocycles. The molecule has 1 amide bonds. The molecule has 1 N–H and O–H groups in total. The Bertz CT molecular complexity index is 779. The fourth-order valence-corrected chi connectivity index (χ4v) is 1.85. The summed E-state index contributed by atoms with van der Waals surface area (Å²) in [5, 5.41) is 13.1. The lowest BCUT2D eigenvalue weighted by atomic mass is 10.2. The number of benzene rings is 2. The minimum Gasteiger partial charge on any atom is -0.452 e. The third-order valence-electron chi connectivity index (χ3n) is 3.06. The fourth-order valence-electron chi connectivity index (χ4n) is 1.85. The summed E-state index contributed by atoms with van der Waals surface area (Å²) in [5.41, 5.74) is 0.00965. The van der Waals surface area contributed by atoms with Crippen molar-refractivity contribution >= 4 is 17.6 Å². The number of nitrogens with zero attached hydrogens (tertiary/aromatic N) is 1. The number of esters is 1. The summed E-state index contributed by atoms with van der Waals surface area (Å²) in [7, 11) is 0. The van der Waals surface area contributed by atoms with Crippen LogP contribution in [0.3, 0.4) is 0 Å². The molecule has 0 fully saturated rings. The zero-order chi connectivity index (χ0) is 17.5. The van der Waals surface area contributed by atoms with Gasteiger partial charge in [-0.25, -0.2) is 9.18 Å². The number of carbonyl (C=O) groups is 2. The SMILES string of the molecule is O=C(COC(=O)c1cccc([N+](=O)[O-])c1)NCc1ccccc1F. The Morgan fingerprint density at radius 1 is 1.17 bits per heavy atom. The highest BCUT2D eigenvalue weighted by molar-refractivity contribution is 5.91. The quantitative estimate of drug-likeness (QED) is 0.497. The third kappa shape index (κ3) is 4.60. The molecule has 7 nitrogen and oxygen atoms in total. The van der Waals surface area contributed by atoms with Crippen LogP contribution in [0.2, 0.25) is 0 Å². The molecule has 0 aliphatic heterocycles. The topological polar surface area (TPSA) is 98.5 Å². The van der Waals surface area contributed by atoms with Crippen molar-refractivity contribution in [1.82, 2.24) is 5.32 Å². The first-order chi connectivity index (χ1) is 11.5. The molecule has 0 aliphatic rings. The number of nitrogens with one attached hydrogen (secondary N) is 1. The lowest BCUT2D eigenvalue weighted by Gasteiger charge is -2.07. The predicted octanol–water partition coefficient (Wildman–Crippen LogP) is 2.21. The van der Waals surface area contributed by atoms with Crippen LogP contribution >= 0.6 is 0 Å². The first-order valence-corrected chi connectivity index (χ1v) is 6.89. The van der Waals surface area contributed by atoms with E-state index in [1.165, 1.54) is 36.4 Å². The smallest absolute Gasteiger partial charge is 0.338 e. The van der Waals surface area contributed by atoms with Gasteiger partial charge < -0.3 is 10.1 Å². The van der Waals surface area contributed by atoms with Crippen LogP contribution in [-0.4, -0.2) is 23.4 Å². The van der Waals surface area contributed by atoms with Crippen LogP contribution in [0, 0.1) is 15.9 Å². The van der Waals surface area contributed by atoms with Gasteiger partial charge in [-0.1, -0.05) is 24.3 Å². The molecular formula is C16H13FN2O5. The summed E-state index contributed by atoms with van der Waals surface area (Å²) in [6.45, 7) is -0.615. The second kappa shape index (κ2) is 7.82. The van der Waals surface area contributed by atoms with Gasteiger partial charge in [-0.3, -0.25) is 14.9 Å². The summed E-state index contributed by atoms with van der Waals surface area (Å²) in [4.78, 5) is 33.4. The van der Waals surface area contributed by atoms with Crippen LogP contribution in [0.5, 0.6) is 0 Å². The van der Waals surface area contributed by atoms with Crippen molar-refractivity contribution in [3.8, 4) is 0 Å². The third-order valence-corrected chi connectivity index (χ3v) is 3.06. The lowest BCUT2D eigenvalue weighted by Crippen LogP contribution is -2.28. The van der Waals surface area contributed by atoms with E-state index >= 15 is 0 Å². The monoisotopic (exact) mass is 332 g/mol. The average Bonchev–Trinajstić information content (AvgIpc) is 2.59. The maximum absolute atomic E-state index is 13.4. The minimum atomic E-state index is -0.861. The Hall–Kier alpha value is -3.29. The van der Waals surface area contributed by atoms with E-state index < -0.39 is 29.2 Å². The van der Waals surface area contributed by atoms with Crippen LogP contribution in [0.1, 0.15) is 15.9 Å². The molecule has 124 valence electrons. The van der Waals surface area contributed by atoms with E-state index in [1.54, 1.807) is 6.07 Å². The molecule has 0 aliphatic carbocycles. The van der Waals surface area contributed by atoms with Crippen molar-refractivity contribution in [2.24, 2.45) is 0 Å². The summed E-state index contributed by atoms with van der Waals surface area (Å²) in [6.07, 6.45) is 0. The van der Waals surface area contributed by atoms with Crippen molar-refractivity contribution in [2.75, 3.05) is 6.61 Å². The Balaban J connectivity index is 1.85. The number of hydrogen-bond acceptors (Lipinski definition) is 5. The van der Waals surface area contributed by atoms with Crippen molar-refractivity contribution in [2.45, 2.75) is 6.54 Å². The summed E-state index contributed by atoms with van der Waals surface area (Å²) in [6, 6.07) is 10.9. The van der Waals surface area contributed by atoms with E-state index in [9.17, 15) is 24.1 Å². The molecule has 0 spiro atoms. The Morgan fingerprint density at radius 2 is 1.92 bits per heavy atom. The second-order valence-electron chi connectivity index (χ2n) is 4.75. The molecule has 0 heterocycles. The van der Waals surface area contributed by atoms with Gasteiger partial charge >= 0.3 is 5.97 Å². The first-order valence-electron chi connectivity index (χ1n) is 6.89. The van der Waals surface area contributed by atoms with E-state index in [2.05, 4.69) is 5.32 Å². The Labute approximate surface area is 136 Å². The van der Waals surface area contributed by atoms with Crippen molar-refractivity contribution in [1.29, 1.82) is 0 Å². The van der Waals surface area contributed by atoms with Crippen LogP contribution in [0.15, 0.2) is 48.5 Å². The predicted molar refractivity (Wildman–Crippen MR) is 81.6 cm³/mol. The van der Waals surface area contributed by atoms with Gasteiger partial charge in [0.05, 0.1) is 10.5 Å². The molecule has 0 unspecified atom stereocenters. The van der Waals surface area contributed by atoms with Crippen LogP contribution in [0.25, 0.3) is 0 Å². The zero-order valence-electron chi connectivity index (χ0n) is 12.4. The van der Waals surface area contributed by atoms with Crippen molar-refractivity contribution in [3.05, 3.63) is 75.6 Å². The van der Waals surface area contributed by atoms with Gasteiger partial charge in [-0.2, -0.15) is 0 Å². The standard InChI is InChI=1S/C16H13FN2O5/c17-14-7-2-1-4-12(14)9-18-15(20)10-24-16(21)11-5-3-6-13(8-11)19(22)23/h1-8H,9-10H2,(H,18,20). The minimum absolute atomic E-state index is 0.0360. The molecule has 0 radical (unpaired) electrons. The highest BCUT2D eigenvalue weighted by atomic mass is 19.1. The van der Waals surface area contributed by atoms with E-state index in [4.69, 9.17) is 4.74 Å². The van der Waals surface area contributed by atoms with Gasteiger partial charge in [0.15, 0.2) is 6.61 Å². The fraction of sp³-hybridized carbons (Fsp3) is 0.125. The number of ether oxygens (including phenoxy) is 1. The van der Waals surface area contributed by atoms with Crippen molar-refractivity contribution < 1.29 is 23.6 Å². The van der Waals surface area contributed by atoms with Gasteiger partial charge in [0, 0.05) is 24.2 Å². The number of halogens is 1. The van der Waals surface area contributed by atoms with E-state index in [0.717, 1.165) is 6.07 Å². The number of hydrogen-bond donors (Lipinski definition) is 1. The Morgan fingerprint density at radius 3 is 2.62 bits per heavy atom. The lowest BCUT2D eigenvalue weighted by molar-refractivity contribution is -0.384. The largest absolute Gasteiger partial charge is 0.452 e. The molecule has 0 saturated carbocycles. The normalized spacial score (nSPS) is 10.0. The number of carbonyl (C=O) groups excluding carboxylic acids is 2. The molecular weight excluding hydrogens is 319 g/mol. The molecule has 24 heavy (non-hydrogen) atoms. The molecule has 0 bridgehead atoms. The molecule has 0 saturated heterocycles. The second-order valence-corrected chi connectivity index (χ2v) is 4.75. The van der Waals surface area contributed by atoms with E-state index in [0.29, 0.717) is 5.56 Å². The molecule has 2 aromatic rings. The number of rotatable bonds is 6. The number of nitro groups is 1. The highest BCUT2D eigenvalue weighted by Gasteiger charge is 2.14. The molecule has 2 aromatic carbocycles. The van der Waals surface area contributed by atoms with Crippen LogP contribution < -0.4 is 5.32 Å². The summed E-state index contributed by atoms with van der Waals surface area (Å²) >= 11 is 0. The summed E-state index contributed by atoms with van der Waals surface area (Å²) < 4.78 is 18.2. The molecule has 8 heteroatoms. The van der Waals surface area contributed by atoms with Gasteiger partial charge in [-0.15, -0.1) is 0 Å². The van der Waals surface area contributed by atoms with Crippen LogP contribution in [0.4, 0.5) is 10.1 Å². The van der Waals surface area contributed by atoms with Crippen LogP contribution in [-0.2, 0) is 16.1 Å². The summed E-state index contributed by atoms with van der Waals surface area (Å²) in [5.74, 6) is -1.93. The van der Waals surface area contributed by atoms with E-state index in [-0.39, 0.29) is 17.8 Å². The van der Waals surface area contributed by atoms with Crippen molar-refractivity contribution in [3.63, 3.8) is 0 Å². The first kappa shape index (κ1) is 17.1. The van der Waals surface area contributed by atoms with Gasteiger partial charge in [-0.05, 0) is 12.1 Å². The molecule has 0 atom stereocenters. The van der Waals surface area contributed by atoms with Gasteiger partial charge in [0.2, 0.25) is 0 Å². The Kier molecular flexibility index (Phi) is 5.56. The van der Waals surface area contributed by atoms with Gasteiger partial charge in [0.1, 0.15) is 5.82 Å². The average molecular weight is 332 g/mol. The number of amides is 1. The maximum Gasteiger partial charge on any atom is 0.338 e. The number of nitro benzene ring substituents is 1. The molecule has 2 rings (SSSR count). The van der Waals surface area contributed by atoms with E-state index in [1.807, 2.05) is 0 Å². The maximum atomic E-state index is 13.4. The number of non-ortho nitro benzene ring substituents is 1. The zero-order valence-corrected chi connectivity index (χ0v) is 12.4. The van der Waals surface area contributed by atoms with Gasteiger partial charge in [0.25, 0.3) is 11.6 Å². The highest BCUT2D eigenvalue weighted by Crippen LogP contribution is 2.13.